The molecule has 6 nitrogen and oxygen atoms in total. The van der Waals surface area contributed by atoms with E-state index in [1.807, 2.05) is 0 Å². The van der Waals surface area contributed by atoms with Crippen LogP contribution in [0.15, 0.2) is 33.3 Å². The van der Waals surface area contributed by atoms with Crippen LogP contribution in [0.4, 0.5) is 5.69 Å². The molecule has 21 heavy (non-hydrogen) atoms. The Kier molecular flexibility index (Phi) is 4.69. The topological polar surface area (TPSA) is 100 Å². The number of ether oxygens (including phenoxy) is 2. The molecule has 0 saturated carbocycles. The zero-order valence-electron chi connectivity index (χ0n) is 10.9. The summed E-state index contributed by atoms with van der Waals surface area (Å²) in [5.41, 5.74) is 11.2. The summed E-state index contributed by atoms with van der Waals surface area (Å²) in [4.78, 5) is 15.3. The fourth-order valence-corrected chi connectivity index (χ4v) is 2.46. The van der Waals surface area contributed by atoms with E-state index in [0.717, 1.165) is 0 Å². The highest BCUT2D eigenvalue weighted by Crippen LogP contribution is 2.38. The first kappa shape index (κ1) is 15.6. The van der Waals surface area contributed by atoms with Crippen LogP contribution < -0.4 is 20.9 Å². The van der Waals surface area contributed by atoms with Crippen molar-refractivity contribution in [2.45, 2.75) is 0 Å². The van der Waals surface area contributed by atoms with Gasteiger partial charge in [-0.05, 0) is 44.0 Å². The Labute approximate surface area is 137 Å². The molecule has 0 spiro atoms. The van der Waals surface area contributed by atoms with Gasteiger partial charge in [0.25, 0.3) is 5.91 Å². The number of aromatic nitrogens is 1. The first-order chi connectivity index (χ1) is 9.92. The Bertz CT molecular complexity index is 707. The summed E-state index contributed by atoms with van der Waals surface area (Å²) in [5, 5.41) is 0. The summed E-state index contributed by atoms with van der Waals surface area (Å²) < 4.78 is 12.2. The summed E-state index contributed by atoms with van der Waals surface area (Å²) in [6, 6.07) is 4.85. The summed E-state index contributed by atoms with van der Waals surface area (Å²) >= 11 is 6.74. The van der Waals surface area contributed by atoms with Gasteiger partial charge in [-0.3, -0.25) is 4.79 Å². The van der Waals surface area contributed by atoms with Gasteiger partial charge < -0.3 is 20.9 Å². The third-order valence-electron chi connectivity index (χ3n) is 2.60. The largest absolute Gasteiger partial charge is 0.496 e. The van der Waals surface area contributed by atoms with Crippen LogP contribution in [-0.4, -0.2) is 18.0 Å². The molecule has 0 saturated heterocycles. The summed E-state index contributed by atoms with van der Waals surface area (Å²) in [6.45, 7) is 0. The van der Waals surface area contributed by atoms with E-state index >= 15 is 0 Å². The lowest BCUT2D eigenvalue weighted by atomic mass is 10.2. The van der Waals surface area contributed by atoms with Crippen LogP contribution in [0.2, 0.25) is 0 Å². The molecule has 2 rings (SSSR count). The SMILES string of the molecule is COc1cc(Br)c(Oc2cc(C(N)=O)c(N)cn2)cc1Br. The van der Waals surface area contributed by atoms with Crippen molar-refractivity contribution >= 4 is 43.5 Å². The molecule has 1 aromatic heterocycles. The van der Waals surface area contributed by atoms with Gasteiger partial charge >= 0.3 is 0 Å². The summed E-state index contributed by atoms with van der Waals surface area (Å²) in [6.07, 6.45) is 1.32. The van der Waals surface area contributed by atoms with Gasteiger partial charge in [-0.1, -0.05) is 0 Å². The van der Waals surface area contributed by atoms with Gasteiger partial charge in [0.1, 0.15) is 11.5 Å². The van der Waals surface area contributed by atoms with E-state index in [1.54, 1.807) is 19.2 Å². The number of pyridine rings is 1. The fourth-order valence-electron chi connectivity index (χ4n) is 1.57. The van der Waals surface area contributed by atoms with Crippen LogP contribution in [0.3, 0.4) is 0 Å². The zero-order chi connectivity index (χ0) is 15.6. The van der Waals surface area contributed by atoms with E-state index in [4.69, 9.17) is 20.9 Å². The number of carbonyl (C=O) groups is 1. The number of amides is 1. The number of rotatable bonds is 4. The quantitative estimate of drug-likeness (QED) is 0.797. The standard InChI is InChI=1S/C13H11Br2N3O3/c1-20-10-3-8(15)11(4-7(10)14)21-12-2-6(13(17)19)9(16)5-18-12/h2-5H,16H2,1H3,(H2,17,19). The minimum Gasteiger partial charge on any atom is -0.496 e. The predicted molar refractivity (Wildman–Crippen MR) is 85.6 cm³/mol. The van der Waals surface area contributed by atoms with Crippen molar-refractivity contribution in [3.63, 3.8) is 0 Å². The number of nitrogens with two attached hydrogens (primary N) is 2. The lowest BCUT2D eigenvalue weighted by Gasteiger charge is -2.11. The number of hydrogen-bond acceptors (Lipinski definition) is 5. The van der Waals surface area contributed by atoms with Crippen molar-refractivity contribution in [3.8, 4) is 17.4 Å². The number of anilines is 1. The molecule has 8 heteroatoms. The van der Waals surface area contributed by atoms with Crippen LogP contribution in [0.1, 0.15) is 10.4 Å². The van der Waals surface area contributed by atoms with Gasteiger partial charge in [0, 0.05) is 6.07 Å². The normalized spacial score (nSPS) is 10.2. The minimum absolute atomic E-state index is 0.156. The molecule has 1 aromatic carbocycles. The van der Waals surface area contributed by atoms with Crippen LogP contribution >= 0.6 is 31.9 Å². The molecule has 0 aliphatic rings. The van der Waals surface area contributed by atoms with Gasteiger partial charge in [-0.2, -0.15) is 0 Å². The smallest absolute Gasteiger partial charge is 0.251 e. The molecule has 1 heterocycles. The summed E-state index contributed by atoms with van der Waals surface area (Å²) in [5.74, 6) is 0.707. The number of carbonyl (C=O) groups excluding carboxylic acids is 1. The molecule has 0 radical (unpaired) electrons. The lowest BCUT2D eigenvalue weighted by Crippen LogP contribution is -2.13. The van der Waals surface area contributed by atoms with Crippen LogP contribution in [-0.2, 0) is 0 Å². The molecule has 4 N–H and O–H groups in total. The van der Waals surface area contributed by atoms with Gasteiger partial charge in [-0.25, -0.2) is 4.98 Å². The van der Waals surface area contributed by atoms with Crippen LogP contribution in [0.25, 0.3) is 0 Å². The number of nitrogen functional groups attached to an aromatic ring is 1. The van der Waals surface area contributed by atoms with Crippen molar-refractivity contribution in [3.05, 3.63) is 38.9 Å². The van der Waals surface area contributed by atoms with Crippen molar-refractivity contribution in [2.75, 3.05) is 12.8 Å². The van der Waals surface area contributed by atoms with Crippen molar-refractivity contribution in [1.29, 1.82) is 0 Å². The average Bonchev–Trinajstić information content (AvgIpc) is 2.44. The van der Waals surface area contributed by atoms with Gasteiger partial charge in [0.2, 0.25) is 5.88 Å². The Balaban J connectivity index is 2.36. The van der Waals surface area contributed by atoms with E-state index in [9.17, 15) is 4.79 Å². The fraction of sp³-hybridized carbons (Fsp3) is 0.0769. The molecule has 0 unspecified atom stereocenters. The number of nitrogens with zero attached hydrogens (tertiary/aromatic N) is 1. The molecular formula is C13H11Br2N3O3. The highest BCUT2D eigenvalue weighted by atomic mass is 79.9. The lowest BCUT2D eigenvalue weighted by molar-refractivity contribution is 0.100. The number of hydrogen-bond donors (Lipinski definition) is 2. The average molecular weight is 417 g/mol. The Hall–Kier alpha value is -1.80. The molecule has 0 aliphatic heterocycles. The Morgan fingerprint density at radius 3 is 2.43 bits per heavy atom. The minimum atomic E-state index is -0.644. The number of methoxy groups -OCH3 is 1. The first-order valence-corrected chi connectivity index (χ1v) is 7.27. The number of halogens is 2. The second-order valence-electron chi connectivity index (χ2n) is 3.99. The molecule has 2 aromatic rings. The molecule has 0 aliphatic carbocycles. The van der Waals surface area contributed by atoms with E-state index < -0.39 is 5.91 Å². The molecule has 110 valence electrons. The third kappa shape index (κ3) is 3.45. The zero-order valence-corrected chi connectivity index (χ0v) is 14.1. The number of primary amides is 1. The molecule has 0 bridgehead atoms. The second-order valence-corrected chi connectivity index (χ2v) is 5.70. The van der Waals surface area contributed by atoms with Crippen molar-refractivity contribution < 1.29 is 14.3 Å². The second kappa shape index (κ2) is 6.31. The van der Waals surface area contributed by atoms with E-state index in [1.165, 1.54) is 12.3 Å². The molecular weight excluding hydrogens is 406 g/mol. The maximum absolute atomic E-state index is 11.3. The van der Waals surface area contributed by atoms with Crippen molar-refractivity contribution in [2.24, 2.45) is 5.73 Å². The van der Waals surface area contributed by atoms with Crippen molar-refractivity contribution in [1.82, 2.24) is 4.98 Å². The number of benzene rings is 1. The Morgan fingerprint density at radius 2 is 1.81 bits per heavy atom. The molecule has 1 amide bonds. The van der Waals surface area contributed by atoms with Gasteiger partial charge in [0.05, 0.1) is 33.5 Å². The molecule has 0 atom stereocenters. The highest BCUT2D eigenvalue weighted by molar-refractivity contribution is 9.11. The molecule has 0 fully saturated rings. The van der Waals surface area contributed by atoms with Gasteiger partial charge in [0.15, 0.2) is 0 Å². The van der Waals surface area contributed by atoms with E-state index in [2.05, 4.69) is 36.8 Å². The van der Waals surface area contributed by atoms with E-state index in [0.29, 0.717) is 20.4 Å². The van der Waals surface area contributed by atoms with Crippen LogP contribution in [0, 0.1) is 0 Å². The first-order valence-electron chi connectivity index (χ1n) is 5.68. The van der Waals surface area contributed by atoms with E-state index in [-0.39, 0.29) is 17.1 Å². The Morgan fingerprint density at radius 1 is 1.19 bits per heavy atom. The summed E-state index contributed by atoms with van der Waals surface area (Å²) in [7, 11) is 1.56. The van der Waals surface area contributed by atoms with Gasteiger partial charge in [-0.15, -0.1) is 0 Å². The van der Waals surface area contributed by atoms with Crippen LogP contribution in [0.5, 0.6) is 17.4 Å². The maximum atomic E-state index is 11.3. The monoisotopic (exact) mass is 415 g/mol. The highest BCUT2D eigenvalue weighted by Gasteiger charge is 2.12. The maximum Gasteiger partial charge on any atom is 0.251 e. The predicted octanol–water partition coefficient (Wildman–Crippen LogP) is 3.09. The third-order valence-corrected chi connectivity index (χ3v) is 3.84.